The molecule has 1 atom stereocenters. The van der Waals surface area contributed by atoms with Crippen LogP contribution in [0.15, 0.2) is 54.6 Å². The third kappa shape index (κ3) is 2.64. The van der Waals surface area contributed by atoms with Crippen LogP contribution >= 0.6 is 0 Å². The Kier molecular flexibility index (Phi) is 3.43. The highest BCUT2D eigenvalue weighted by Crippen LogP contribution is 2.35. The van der Waals surface area contributed by atoms with E-state index in [1.807, 2.05) is 0 Å². The fraction of sp³-hybridized carbons (Fsp3) is 0.200. The van der Waals surface area contributed by atoms with E-state index in [2.05, 4.69) is 47.8 Å². The van der Waals surface area contributed by atoms with Gasteiger partial charge in [-0.05, 0) is 59.0 Å². The fourth-order valence-electron chi connectivity index (χ4n) is 3.45. The van der Waals surface area contributed by atoms with Crippen molar-refractivity contribution >= 4 is 10.8 Å². The van der Waals surface area contributed by atoms with Crippen LogP contribution in [0.3, 0.4) is 0 Å². The van der Waals surface area contributed by atoms with Crippen LogP contribution in [0.2, 0.25) is 0 Å². The summed E-state index contributed by atoms with van der Waals surface area (Å²) in [5.74, 6) is -0.0777. The van der Waals surface area contributed by atoms with E-state index >= 15 is 0 Å². The summed E-state index contributed by atoms with van der Waals surface area (Å²) in [5.41, 5.74) is 3.46. The Labute approximate surface area is 135 Å². The Morgan fingerprint density at radius 2 is 1.70 bits per heavy atom. The molecule has 0 spiro atoms. The highest BCUT2D eigenvalue weighted by Gasteiger charge is 2.22. The molecule has 0 saturated carbocycles. The van der Waals surface area contributed by atoms with Gasteiger partial charge in [0.15, 0.2) is 11.5 Å². The first-order valence-electron chi connectivity index (χ1n) is 7.96. The lowest BCUT2D eigenvalue weighted by Crippen LogP contribution is -2.31. The molecule has 0 radical (unpaired) electrons. The van der Waals surface area contributed by atoms with Crippen LogP contribution < -0.4 is 5.32 Å². The first-order valence-corrected chi connectivity index (χ1v) is 7.96. The van der Waals surface area contributed by atoms with Gasteiger partial charge in [0, 0.05) is 6.04 Å². The molecule has 23 heavy (non-hydrogen) atoms. The molecule has 0 bridgehead atoms. The highest BCUT2D eigenvalue weighted by atomic mass is 16.3. The monoisotopic (exact) mass is 305 g/mol. The molecule has 3 heteroatoms. The average molecular weight is 305 g/mol. The highest BCUT2D eigenvalue weighted by molar-refractivity contribution is 5.83. The lowest BCUT2D eigenvalue weighted by atomic mass is 9.89. The first kappa shape index (κ1) is 14.1. The molecule has 116 valence electrons. The third-order valence-corrected chi connectivity index (χ3v) is 4.65. The van der Waals surface area contributed by atoms with Crippen LogP contribution in [0.4, 0.5) is 0 Å². The van der Waals surface area contributed by atoms with Gasteiger partial charge in [-0.1, -0.05) is 42.5 Å². The minimum atomic E-state index is -0.0454. The van der Waals surface area contributed by atoms with Gasteiger partial charge in [-0.3, -0.25) is 0 Å². The summed E-state index contributed by atoms with van der Waals surface area (Å²) in [6.07, 6.45) is 1.74. The van der Waals surface area contributed by atoms with Gasteiger partial charge >= 0.3 is 0 Å². The number of phenolic OH excluding ortho intramolecular Hbond substituents is 2. The van der Waals surface area contributed by atoms with Crippen molar-refractivity contribution in [3.05, 3.63) is 71.3 Å². The number of fused-ring (bicyclic) bond motifs is 2. The second-order valence-corrected chi connectivity index (χ2v) is 6.18. The number of nitrogens with one attached hydrogen (secondary N) is 1. The van der Waals surface area contributed by atoms with Crippen LogP contribution in [-0.4, -0.2) is 16.8 Å². The van der Waals surface area contributed by atoms with Crippen molar-refractivity contribution in [2.24, 2.45) is 0 Å². The van der Waals surface area contributed by atoms with E-state index < -0.39 is 0 Å². The molecule has 0 aliphatic carbocycles. The Morgan fingerprint density at radius 3 is 2.57 bits per heavy atom. The number of benzene rings is 3. The van der Waals surface area contributed by atoms with Gasteiger partial charge in [0.05, 0.1) is 0 Å². The maximum atomic E-state index is 9.82. The quantitative estimate of drug-likeness (QED) is 0.633. The molecule has 0 unspecified atom stereocenters. The predicted octanol–water partition coefficient (Wildman–Crippen LogP) is 3.68. The minimum absolute atomic E-state index is 0.0323. The van der Waals surface area contributed by atoms with E-state index in [1.54, 1.807) is 12.1 Å². The molecule has 3 aromatic carbocycles. The maximum absolute atomic E-state index is 9.82. The van der Waals surface area contributed by atoms with Crippen LogP contribution in [0.1, 0.15) is 22.7 Å². The molecule has 1 heterocycles. The summed E-state index contributed by atoms with van der Waals surface area (Å²) in [4.78, 5) is 0. The van der Waals surface area contributed by atoms with Crippen molar-refractivity contribution in [3.63, 3.8) is 0 Å². The van der Waals surface area contributed by atoms with Crippen LogP contribution in [0.25, 0.3) is 10.8 Å². The second-order valence-electron chi connectivity index (χ2n) is 6.18. The smallest absolute Gasteiger partial charge is 0.157 e. The van der Waals surface area contributed by atoms with E-state index in [-0.39, 0.29) is 17.5 Å². The second kappa shape index (κ2) is 5.60. The van der Waals surface area contributed by atoms with Gasteiger partial charge in [0.2, 0.25) is 0 Å². The lowest BCUT2D eigenvalue weighted by Gasteiger charge is -2.27. The number of rotatable bonds is 2. The number of hydrogen-bond donors (Lipinski definition) is 3. The molecule has 1 aliphatic rings. The van der Waals surface area contributed by atoms with Crippen molar-refractivity contribution in [2.45, 2.75) is 18.9 Å². The first-order chi connectivity index (χ1) is 11.2. The largest absolute Gasteiger partial charge is 0.504 e. The Bertz CT molecular complexity index is 873. The summed E-state index contributed by atoms with van der Waals surface area (Å²) >= 11 is 0. The number of phenols is 2. The molecule has 1 aliphatic heterocycles. The summed E-state index contributed by atoms with van der Waals surface area (Å²) in [6.45, 7) is 0.884. The zero-order valence-corrected chi connectivity index (χ0v) is 12.8. The topological polar surface area (TPSA) is 52.5 Å². The molecule has 3 N–H and O–H groups in total. The van der Waals surface area contributed by atoms with Crippen LogP contribution in [-0.2, 0) is 12.8 Å². The van der Waals surface area contributed by atoms with Crippen LogP contribution in [0.5, 0.6) is 11.5 Å². The molecule has 0 fully saturated rings. The zero-order valence-electron chi connectivity index (χ0n) is 12.8. The van der Waals surface area contributed by atoms with Crippen molar-refractivity contribution in [3.8, 4) is 11.5 Å². The Balaban J connectivity index is 1.68. The fourth-order valence-corrected chi connectivity index (χ4v) is 3.45. The van der Waals surface area contributed by atoms with Gasteiger partial charge < -0.3 is 15.5 Å². The number of aromatic hydroxyl groups is 2. The van der Waals surface area contributed by atoms with Crippen molar-refractivity contribution < 1.29 is 10.2 Å². The van der Waals surface area contributed by atoms with Crippen molar-refractivity contribution in [1.82, 2.24) is 5.32 Å². The Morgan fingerprint density at radius 1 is 0.913 bits per heavy atom. The van der Waals surface area contributed by atoms with Gasteiger partial charge in [-0.15, -0.1) is 0 Å². The molecular formula is C20H19NO2. The van der Waals surface area contributed by atoms with E-state index in [9.17, 15) is 10.2 Å². The van der Waals surface area contributed by atoms with Gasteiger partial charge in [-0.25, -0.2) is 0 Å². The normalized spacial score (nSPS) is 17.1. The SMILES string of the molecule is Oc1cc2c(cc1O)[C@H](Cc1ccc3ccccc3c1)NCC2. The van der Waals surface area contributed by atoms with Crippen LogP contribution in [0, 0.1) is 0 Å². The van der Waals surface area contributed by atoms with Gasteiger partial charge in [0.25, 0.3) is 0 Å². The molecule has 3 nitrogen and oxygen atoms in total. The summed E-state index contributed by atoms with van der Waals surface area (Å²) in [6, 6.07) is 18.5. The van der Waals surface area contributed by atoms with E-state index in [4.69, 9.17) is 0 Å². The third-order valence-electron chi connectivity index (χ3n) is 4.65. The summed E-state index contributed by atoms with van der Waals surface area (Å²) < 4.78 is 0. The molecule has 0 aromatic heterocycles. The van der Waals surface area contributed by atoms with Crippen molar-refractivity contribution in [2.75, 3.05) is 6.54 Å². The molecule has 0 amide bonds. The molecule has 3 aromatic rings. The van der Waals surface area contributed by atoms with E-state index in [0.717, 1.165) is 30.5 Å². The zero-order chi connectivity index (χ0) is 15.8. The summed E-state index contributed by atoms with van der Waals surface area (Å²) in [7, 11) is 0. The lowest BCUT2D eigenvalue weighted by molar-refractivity contribution is 0.398. The molecule has 4 rings (SSSR count). The predicted molar refractivity (Wildman–Crippen MR) is 91.9 cm³/mol. The molecule has 0 saturated heterocycles. The Hall–Kier alpha value is -2.52. The average Bonchev–Trinajstić information content (AvgIpc) is 2.56. The standard InChI is InChI=1S/C20H19NO2/c22-19-11-16-7-8-21-18(17(16)12-20(19)23)10-13-5-6-14-3-1-2-4-15(14)9-13/h1-6,9,11-12,18,21-23H,7-8,10H2/t18-/m0/s1. The number of hydrogen-bond acceptors (Lipinski definition) is 3. The minimum Gasteiger partial charge on any atom is -0.504 e. The summed E-state index contributed by atoms with van der Waals surface area (Å²) in [5, 5.41) is 25.5. The maximum Gasteiger partial charge on any atom is 0.157 e. The van der Waals surface area contributed by atoms with Gasteiger partial charge in [0.1, 0.15) is 0 Å². The van der Waals surface area contributed by atoms with Gasteiger partial charge in [-0.2, -0.15) is 0 Å². The van der Waals surface area contributed by atoms with E-state index in [1.165, 1.54) is 16.3 Å². The van der Waals surface area contributed by atoms with Crippen molar-refractivity contribution in [1.29, 1.82) is 0 Å². The van der Waals surface area contributed by atoms with E-state index in [0.29, 0.717) is 0 Å². The molecular weight excluding hydrogens is 286 g/mol.